The lowest BCUT2D eigenvalue weighted by atomic mass is 10.0. The number of aromatic hydroxyl groups is 1. The van der Waals surface area contributed by atoms with Crippen molar-refractivity contribution in [2.45, 2.75) is 6.18 Å². The molecule has 5 nitrogen and oxygen atoms in total. The van der Waals surface area contributed by atoms with Crippen LogP contribution >= 0.6 is 0 Å². The molecule has 0 atom stereocenters. The van der Waals surface area contributed by atoms with Crippen molar-refractivity contribution in [3.63, 3.8) is 0 Å². The Labute approximate surface area is 184 Å². The second-order valence-corrected chi connectivity index (χ2v) is 7.60. The predicted molar refractivity (Wildman–Crippen MR) is 118 cm³/mol. The molecule has 1 heterocycles. The number of nitrogens with zero attached hydrogens (tertiary/aromatic N) is 1. The molecule has 0 saturated heterocycles. The summed E-state index contributed by atoms with van der Waals surface area (Å²) >= 11 is 0. The van der Waals surface area contributed by atoms with Crippen LogP contribution in [0, 0.1) is 0 Å². The van der Waals surface area contributed by atoms with Crippen LogP contribution in [0.5, 0.6) is 5.75 Å². The van der Waals surface area contributed by atoms with Gasteiger partial charge in [-0.05, 0) is 52.9 Å². The number of hydrogen-bond donors (Lipinski definition) is 3. The van der Waals surface area contributed by atoms with Crippen LogP contribution in [0.4, 0.5) is 13.2 Å². The number of alkyl halides is 3. The molecule has 5 aromatic rings. The quantitative estimate of drug-likeness (QED) is 0.295. The molecule has 0 spiro atoms. The number of fused-ring (bicyclic) bond motifs is 3. The molecule has 0 bridgehead atoms. The molecule has 0 unspecified atom stereocenters. The van der Waals surface area contributed by atoms with Crippen LogP contribution < -0.4 is 0 Å². The monoisotopic (exact) mass is 448 g/mol. The van der Waals surface area contributed by atoms with Gasteiger partial charge in [0, 0.05) is 5.56 Å². The first-order valence-corrected chi connectivity index (χ1v) is 9.87. The number of phenols is 1. The number of carboxylic acids is 1. The maximum Gasteiger partial charge on any atom is 0.416 e. The number of imidazole rings is 1. The number of aromatic amines is 1. The summed E-state index contributed by atoms with van der Waals surface area (Å²) < 4.78 is 38.6. The Morgan fingerprint density at radius 2 is 1.61 bits per heavy atom. The van der Waals surface area contributed by atoms with Crippen molar-refractivity contribution < 1.29 is 28.2 Å². The minimum atomic E-state index is -4.39. The van der Waals surface area contributed by atoms with E-state index in [4.69, 9.17) is 0 Å². The van der Waals surface area contributed by atoms with Crippen LogP contribution in [-0.2, 0) is 6.18 Å². The molecule has 4 aromatic carbocycles. The summed E-state index contributed by atoms with van der Waals surface area (Å²) in [7, 11) is 0. The lowest BCUT2D eigenvalue weighted by Gasteiger charge is -2.08. The van der Waals surface area contributed by atoms with Crippen LogP contribution in [0.25, 0.3) is 44.3 Å². The van der Waals surface area contributed by atoms with Gasteiger partial charge >= 0.3 is 12.1 Å². The molecule has 164 valence electrons. The Kier molecular flexibility index (Phi) is 4.59. The number of halogens is 3. The van der Waals surface area contributed by atoms with E-state index in [0.29, 0.717) is 38.8 Å². The van der Waals surface area contributed by atoms with E-state index in [1.54, 1.807) is 24.3 Å². The van der Waals surface area contributed by atoms with Crippen molar-refractivity contribution in [1.82, 2.24) is 9.97 Å². The summed E-state index contributed by atoms with van der Waals surface area (Å²) in [5.74, 6) is -0.824. The van der Waals surface area contributed by atoms with Gasteiger partial charge in [0.2, 0.25) is 0 Å². The summed E-state index contributed by atoms with van der Waals surface area (Å²) in [5, 5.41) is 20.6. The van der Waals surface area contributed by atoms with Gasteiger partial charge in [-0.2, -0.15) is 13.2 Å². The Hall–Kier alpha value is -4.33. The SMILES string of the molecule is O=C(O)c1cc(O)c2c(ccc3[nH]c(-c4cccc(-c5ccc(C(F)(F)F)cc5)c4)nc32)c1. The Bertz CT molecular complexity index is 1540. The molecule has 3 N–H and O–H groups in total. The highest BCUT2D eigenvalue weighted by Crippen LogP contribution is 2.35. The number of aromatic nitrogens is 2. The number of hydrogen-bond acceptors (Lipinski definition) is 3. The molecule has 0 amide bonds. The fourth-order valence-corrected chi connectivity index (χ4v) is 3.87. The Balaban J connectivity index is 1.58. The number of carboxylic acid groups (broad SMARTS) is 1. The second-order valence-electron chi connectivity index (χ2n) is 7.60. The van der Waals surface area contributed by atoms with Crippen molar-refractivity contribution in [1.29, 1.82) is 0 Å². The standard InChI is InChI=1S/C25H15F3N2O3/c26-25(27,28)18-7-4-13(5-8-18)14-2-1-3-16(10-14)23-29-19-9-6-15-11-17(24(32)33)12-20(31)21(15)22(19)30-23/h1-12,31H,(H,29,30)(H,32,33). The minimum absolute atomic E-state index is 0.0284. The van der Waals surface area contributed by atoms with Crippen molar-refractivity contribution in [3.8, 4) is 28.3 Å². The lowest BCUT2D eigenvalue weighted by molar-refractivity contribution is -0.137. The van der Waals surface area contributed by atoms with E-state index >= 15 is 0 Å². The van der Waals surface area contributed by atoms with Gasteiger partial charge in [0.05, 0.1) is 22.0 Å². The van der Waals surface area contributed by atoms with Crippen LogP contribution in [0.3, 0.4) is 0 Å². The summed E-state index contributed by atoms with van der Waals surface area (Å²) in [6, 6.07) is 18.2. The van der Waals surface area contributed by atoms with Crippen molar-refractivity contribution in [3.05, 3.63) is 83.9 Å². The van der Waals surface area contributed by atoms with Gasteiger partial charge in [-0.1, -0.05) is 36.4 Å². The van der Waals surface area contributed by atoms with E-state index in [1.165, 1.54) is 24.3 Å². The van der Waals surface area contributed by atoms with Crippen molar-refractivity contribution >= 4 is 27.8 Å². The highest BCUT2D eigenvalue weighted by Gasteiger charge is 2.30. The molecule has 0 aliphatic heterocycles. The fourth-order valence-electron chi connectivity index (χ4n) is 3.87. The van der Waals surface area contributed by atoms with E-state index in [-0.39, 0.29) is 11.3 Å². The van der Waals surface area contributed by atoms with E-state index in [2.05, 4.69) is 9.97 Å². The number of benzene rings is 4. The molecule has 1 aromatic heterocycles. The molecular weight excluding hydrogens is 433 g/mol. The smallest absolute Gasteiger partial charge is 0.416 e. The molecular formula is C25H15F3N2O3. The zero-order valence-corrected chi connectivity index (χ0v) is 16.8. The Morgan fingerprint density at radius 3 is 2.30 bits per heavy atom. The zero-order chi connectivity index (χ0) is 23.3. The summed E-state index contributed by atoms with van der Waals surface area (Å²) in [6.07, 6.45) is -4.39. The van der Waals surface area contributed by atoms with Crippen molar-refractivity contribution in [2.75, 3.05) is 0 Å². The number of rotatable bonds is 3. The average Bonchev–Trinajstić information content (AvgIpc) is 3.23. The molecule has 0 aliphatic rings. The molecule has 0 fully saturated rings. The molecule has 5 rings (SSSR count). The minimum Gasteiger partial charge on any atom is -0.507 e. The van der Waals surface area contributed by atoms with Crippen molar-refractivity contribution in [2.24, 2.45) is 0 Å². The van der Waals surface area contributed by atoms with Gasteiger partial charge in [-0.15, -0.1) is 0 Å². The first-order valence-electron chi connectivity index (χ1n) is 9.87. The normalized spacial score (nSPS) is 11.8. The second kappa shape index (κ2) is 7.37. The van der Waals surface area contributed by atoms with Gasteiger partial charge in [0.1, 0.15) is 17.1 Å². The van der Waals surface area contributed by atoms with Gasteiger partial charge in [-0.25, -0.2) is 9.78 Å². The Morgan fingerprint density at radius 1 is 0.879 bits per heavy atom. The average molecular weight is 448 g/mol. The number of phenolic OH excluding ortho intramolecular Hbond substituents is 1. The zero-order valence-electron chi connectivity index (χ0n) is 16.8. The third-order valence-electron chi connectivity index (χ3n) is 5.47. The highest BCUT2D eigenvalue weighted by molar-refractivity contribution is 6.10. The topological polar surface area (TPSA) is 86.2 Å². The van der Waals surface area contributed by atoms with Crippen LogP contribution in [0.15, 0.2) is 72.8 Å². The van der Waals surface area contributed by atoms with Gasteiger partial charge in [-0.3, -0.25) is 0 Å². The summed E-state index contributed by atoms with van der Waals surface area (Å²) in [5.41, 5.74) is 2.45. The van der Waals surface area contributed by atoms with E-state index in [9.17, 15) is 28.2 Å². The van der Waals surface area contributed by atoms with E-state index < -0.39 is 17.7 Å². The summed E-state index contributed by atoms with van der Waals surface area (Å²) in [4.78, 5) is 19.1. The van der Waals surface area contributed by atoms with E-state index in [1.807, 2.05) is 12.1 Å². The van der Waals surface area contributed by atoms with Crippen LogP contribution in [0.1, 0.15) is 15.9 Å². The predicted octanol–water partition coefficient (Wildman–Crippen LogP) is 6.47. The maximum atomic E-state index is 12.9. The van der Waals surface area contributed by atoms with E-state index in [0.717, 1.165) is 17.7 Å². The molecule has 0 saturated carbocycles. The fraction of sp³-hybridized carbons (Fsp3) is 0.0400. The van der Waals surface area contributed by atoms with Crippen LogP contribution in [-0.4, -0.2) is 26.2 Å². The first-order chi connectivity index (χ1) is 15.7. The largest absolute Gasteiger partial charge is 0.507 e. The molecule has 0 aliphatic carbocycles. The lowest BCUT2D eigenvalue weighted by Crippen LogP contribution is -2.03. The third kappa shape index (κ3) is 3.65. The maximum absolute atomic E-state index is 12.9. The third-order valence-corrected chi connectivity index (χ3v) is 5.47. The molecule has 33 heavy (non-hydrogen) atoms. The highest BCUT2D eigenvalue weighted by atomic mass is 19.4. The number of H-pyrrole nitrogens is 1. The molecule has 8 heteroatoms. The van der Waals surface area contributed by atoms with Crippen LogP contribution in [0.2, 0.25) is 0 Å². The van der Waals surface area contributed by atoms with Gasteiger partial charge in [0.15, 0.2) is 0 Å². The van der Waals surface area contributed by atoms with Gasteiger partial charge in [0.25, 0.3) is 0 Å². The number of aromatic carboxylic acids is 1. The first kappa shape index (κ1) is 20.6. The number of nitrogens with one attached hydrogen (secondary N) is 1. The van der Waals surface area contributed by atoms with Gasteiger partial charge < -0.3 is 15.2 Å². The number of carbonyl (C=O) groups is 1. The summed E-state index contributed by atoms with van der Waals surface area (Å²) in [6.45, 7) is 0. The molecule has 0 radical (unpaired) electrons.